The highest BCUT2D eigenvalue weighted by Crippen LogP contribution is 2.59. The van der Waals surface area contributed by atoms with Gasteiger partial charge in [0.25, 0.3) is 0 Å². The number of benzene rings is 9. The third-order valence-corrected chi connectivity index (χ3v) is 18.7. The lowest BCUT2D eigenvalue weighted by molar-refractivity contribution is -0.282. The smallest absolute Gasteiger partial charge is 0.343 e. The number of hydrogen-bond acceptors (Lipinski definition) is 47. The molecule has 5 heterocycles. The van der Waals surface area contributed by atoms with Crippen LogP contribution in [0.5, 0.6) is 161 Å². The Kier molecular flexibility index (Phi) is 21.0. The normalized spacial score (nSPS) is 19.6. The molecule has 47 heteroatoms. The van der Waals surface area contributed by atoms with Gasteiger partial charge in [-0.2, -0.15) is 0 Å². The molecule has 9 aromatic carbocycles. The maximum Gasteiger partial charge on any atom is 0.343 e. The molecule has 1 saturated heterocycles. The highest BCUT2D eigenvalue weighted by Gasteiger charge is 2.56. The van der Waals surface area contributed by atoms with Gasteiger partial charge in [0.15, 0.2) is 158 Å². The summed E-state index contributed by atoms with van der Waals surface area (Å²) in [7, 11) is 0. The van der Waals surface area contributed by atoms with E-state index in [1.807, 2.05) is 0 Å². The number of aldehydes is 1. The predicted molar refractivity (Wildman–Crippen MR) is 378 cm³/mol. The van der Waals surface area contributed by atoms with Crippen molar-refractivity contribution in [1.29, 1.82) is 0 Å². The molecule has 1 fully saturated rings. The van der Waals surface area contributed by atoms with Crippen molar-refractivity contribution in [2.45, 2.75) is 55.1 Å². The van der Waals surface area contributed by atoms with Crippen molar-refractivity contribution >= 4 is 60.0 Å². The van der Waals surface area contributed by atoms with Gasteiger partial charge in [-0.15, -0.1) is 0 Å². The number of aromatic hydroxyl groups is 24. The molecule has 634 valence electrons. The second-order valence-electron chi connectivity index (χ2n) is 26.2. The molecule has 5 aliphatic rings. The van der Waals surface area contributed by atoms with Gasteiger partial charge in [-0.05, 0) is 54.6 Å². The van der Waals surface area contributed by atoms with Gasteiger partial charge in [-0.3, -0.25) is 4.79 Å². The van der Waals surface area contributed by atoms with E-state index >= 15 is 24.0 Å². The maximum atomic E-state index is 15.6. The fourth-order valence-corrected chi connectivity index (χ4v) is 12.7. The molecular formula is C75H52O47. The summed E-state index contributed by atoms with van der Waals surface area (Å²) in [6, 6.07) is 3.93. The molecule has 0 amide bonds. The quantitative estimate of drug-likeness (QED) is 0.0471. The summed E-state index contributed by atoms with van der Waals surface area (Å²) in [6.07, 6.45) is -27.7. The molecule has 0 spiro atoms. The van der Waals surface area contributed by atoms with Gasteiger partial charge in [0.2, 0.25) is 52.6 Å². The number of carbonyl (C=O) groups is 10. The lowest BCUT2D eigenvalue weighted by Gasteiger charge is -2.43. The van der Waals surface area contributed by atoms with Gasteiger partial charge in [0, 0.05) is 46.5 Å². The average Bonchev–Trinajstić information content (AvgIpc) is 1.09. The highest BCUT2D eigenvalue weighted by molar-refractivity contribution is 6.10. The van der Waals surface area contributed by atoms with E-state index in [1.54, 1.807) is 0 Å². The second kappa shape index (κ2) is 31.0. The highest BCUT2D eigenvalue weighted by atomic mass is 16.8. The van der Waals surface area contributed by atoms with Gasteiger partial charge in [-0.1, -0.05) is 0 Å². The van der Waals surface area contributed by atoms with Crippen molar-refractivity contribution in [2.24, 2.45) is 0 Å². The Morgan fingerprint density at radius 2 is 0.664 bits per heavy atom. The van der Waals surface area contributed by atoms with Crippen LogP contribution in [-0.2, 0) is 52.2 Å². The van der Waals surface area contributed by atoms with Gasteiger partial charge >= 0.3 is 53.7 Å². The van der Waals surface area contributed by atoms with Crippen LogP contribution < -0.4 is 9.47 Å². The number of carbonyl (C=O) groups excluding carboxylic acids is 10. The molecule has 9 aromatic rings. The molecule has 0 aromatic heterocycles. The average molecular weight is 1710 g/mol. The number of aliphatic hydroxyl groups excluding tert-OH is 1. The molecule has 0 saturated carbocycles. The zero-order chi connectivity index (χ0) is 88.9. The molecule has 8 bridgehead atoms. The molecule has 122 heavy (non-hydrogen) atoms. The van der Waals surface area contributed by atoms with Gasteiger partial charge < -0.3 is 185 Å². The molecule has 0 aliphatic carbocycles. The number of phenols is 24. The van der Waals surface area contributed by atoms with E-state index in [4.69, 9.17) is 56.8 Å². The van der Waals surface area contributed by atoms with Crippen LogP contribution >= 0.6 is 0 Å². The second-order valence-corrected chi connectivity index (χ2v) is 26.2. The Bertz CT molecular complexity index is 5990. The lowest BCUT2D eigenvalue weighted by Crippen LogP contribution is -2.63. The standard InChI is InChI=1S/C75H52O47/c76-14-39-62(118-66(102)17-3-27(78)45(88)28(79)4-17)61-36(87)15-111-69(105)20-1-2-26(77)48(91)41(20)44-23(72(108)117-61)13-38(53(96)56(44)99)114-60-25(11-35(86)51(94)58(60)101)74(110)121-65-64(120-67(103)18-5-29(80)46(89)30(81)6-18)63-40(116-75(65)122-68(104)19-7-31(82)47(90)32(83)8-19)16-112-70(106)22-12-37(113-59-24(73(109)115-39)10-34(85)50(93)57(59)100)52(95)55(98)43(22)42-21(71(107)119-63)9-33(84)49(92)54(42)97/h1-14,36,39-40,61-65,75,77-101H,15-16H2. The molecule has 25 N–H and O–H groups in total. The summed E-state index contributed by atoms with van der Waals surface area (Å²) in [4.78, 5) is 149. The first-order chi connectivity index (χ1) is 57.5. The van der Waals surface area contributed by atoms with Crippen LogP contribution in [0.3, 0.4) is 0 Å². The third kappa shape index (κ3) is 14.4. The minimum Gasteiger partial charge on any atom is -0.504 e. The van der Waals surface area contributed by atoms with Crippen LogP contribution in [0.2, 0.25) is 0 Å². The Labute approximate surface area is 670 Å². The van der Waals surface area contributed by atoms with Crippen LogP contribution in [0.4, 0.5) is 0 Å². The van der Waals surface area contributed by atoms with Crippen LogP contribution in [0.15, 0.2) is 78.9 Å². The minimum atomic E-state index is -3.17. The SMILES string of the molecule is O=CC1OC(=O)c2cc(O)c(O)c(O)c2Oc2cc3c(c(O)c2O)-c2c(cc(O)c(O)c2O)C(=O)OC2C(COC3=O)OC(OC(=O)c3cc(O)c(O)c(O)c3)C(OC(=O)c3cc(O)c(O)c(O)c3Oc3cc4c(c(O)c3O)-c3c(ccc(O)c3O)C(=O)OCC(O)C(OC4=O)C1OC(=O)c1cc(O)c(O)c(O)c1)C2OC(=O)c1cc(O)c(O)c(O)c1. The fraction of sp³-hybridized carbons (Fsp3) is 0.147. The van der Waals surface area contributed by atoms with Crippen molar-refractivity contribution in [3.05, 3.63) is 129 Å². The molecule has 9 atom stereocenters. The Morgan fingerprint density at radius 1 is 0.320 bits per heavy atom. The summed E-state index contributed by atoms with van der Waals surface area (Å²) in [6.45, 7) is -3.34. The number of phenolic OH excluding ortho intramolecular Hbond substituents is 24. The number of aliphatic hydroxyl groups is 1. The van der Waals surface area contributed by atoms with Gasteiger partial charge in [0.1, 0.15) is 36.5 Å². The van der Waals surface area contributed by atoms with Crippen LogP contribution in [0, 0.1) is 0 Å². The monoisotopic (exact) mass is 1700 g/mol. The third-order valence-electron chi connectivity index (χ3n) is 18.7. The zero-order valence-corrected chi connectivity index (χ0v) is 59.9. The molecule has 5 aliphatic heterocycles. The molecule has 47 nitrogen and oxygen atoms in total. The van der Waals surface area contributed by atoms with Crippen molar-refractivity contribution in [2.75, 3.05) is 13.2 Å². The predicted octanol–water partition coefficient (Wildman–Crippen LogP) is 3.29. The summed E-state index contributed by atoms with van der Waals surface area (Å²) in [5.74, 6) is -63.3. The van der Waals surface area contributed by atoms with E-state index in [0.29, 0.717) is 48.5 Å². The number of ether oxygens (including phenoxy) is 12. The summed E-state index contributed by atoms with van der Waals surface area (Å²) >= 11 is 0. The minimum absolute atomic E-state index is 0.0699. The number of fused-ring (bicyclic) bond motifs is 9. The van der Waals surface area contributed by atoms with Crippen LogP contribution in [0.1, 0.15) is 93.2 Å². The van der Waals surface area contributed by atoms with E-state index < -0.39 is 362 Å². The topological polar surface area (TPSA) is 787 Å². The Hall–Kier alpha value is -17.4. The van der Waals surface area contributed by atoms with Crippen LogP contribution in [-0.4, -0.2) is 256 Å². The van der Waals surface area contributed by atoms with Gasteiger partial charge in [-0.25, -0.2) is 43.2 Å². The number of esters is 9. The number of cyclic esters (lactones) is 1. The van der Waals surface area contributed by atoms with Crippen LogP contribution in [0.25, 0.3) is 22.3 Å². The fourth-order valence-electron chi connectivity index (χ4n) is 12.7. The van der Waals surface area contributed by atoms with E-state index in [-0.39, 0.29) is 30.3 Å². The lowest BCUT2D eigenvalue weighted by atomic mass is 9.91. The summed E-state index contributed by atoms with van der Waals surface area (Å²) in [5, 5.41) is 280. The van der Waals surface area contributed by atoms with Gasteiger partial charge in [0.05, 0.1) is 38.9 Å². The molecule has 0 radical (unpaired) electrons. The van der Waals surface area contributed by atoms with E-state index in [1.165, 1.54) is 0 Å². The maximum absolute atomic E-state index is 15.6. The molecule has 14 rings (SSSR count). The van der Waals surface area contributed by atoms with Crippen molar-refractivity contribution < 1.29 is 232 Å². The summed E-state index contributed by atoms with van der Waals surface area (Å²) in [5.41, 5.74) is -17.8. The zero-order valence-electron chi connectivity index (χ0n) is 59.9. The first-order valence-corrected chi connectivity index (χ1v) is 33.8. The number of hydrogen-bond donors (Lipinski definition) is 25. The first-order valence-electron chi connectivity index (χ1n) is 33.8. The Morgan fingerprint density at radius 3 is 1.12 bits per heavy atom. The van der Waals surface area contributed by atoms with Crippen molar-refractivity contribution in [1.82, 2.24) is 0 Å². The van der Waals surface area contributed by atoms with E-state index in [0.717, 1.165) is 0 Å². The number of rotatable bonds is 7. The van der Waals surface area contributed by atoms with E-state index in [2.05, 4.69) is 0 Å². The molecular weight excluding hydrogens is 1650 g/mol. The summed E-state index contributed by atoms with van der Waals surface area (Å²) < 4.78 is 67.9. The van der Waals surface area contributed by atoms with E-state index in [9.17, 15) is 152 Å². The van der Waals surface area contributed by atoms with Crippen molar-refractivity contribution in [3.63, 3.8) is 0 Å². The largest absolute Gasteiger partial charge is 0.504 e. The molecule has 9 unspecified atom stereocenters. The van der Waals surface area contributed by atoms with Crippen molar-refractivity contribution in [3.8, 4) is 183 Å². The Balaban J connectivity index is 1.11. The first kappa shape index (κ1) is 82.6.